The van der Waals surface area contributed by atoms with Crippen molar-refractivity contribution in [3.8, 4) is 22.3 Å². The zero-order chi connectivity index (χ0) is 22.6. The van der Waals surface area contributed by atoms with Gasteiger partial charge >= 0.3 is 0 Å². The van der Waals surface area contributed by atoms with Gasteiger partial charge in [-0.25, -0.2) is 15.0 Å². The van der Waals surface area contributed by atoms with Crippen LogP contribution in [-0.2, 0) is 6.54 Å². The summed E-state index contributed by atoms with van der Waals surface area (Å²) in [6, 6.07) is 14.0. The summed E-state index contributed by atoms with van der Waals surface area (Å²) in [4.78, 5) is 38.2. The Morgan fingerprint density at radius 2 is 1.79 bits per heavy atom. The summed E-state index contributed by atoms with van der Waals surface area (Å²) in [7, 11) is 0. The summed E-state index contributed by atoms with van der Waals surface area (Å²) in [5, 5.41) is 7.81. The third-order valence-electron chi connectivity index (χ3n) is 4.80. The smallest absolute Gasteiger partial charge is 0.275 e. The predicted octanol–water partition coefficient (Wildman–Crippen LogP) is 3.51. The third kappa shape index (κ3) is 4.51. The molecule has 3 heterocycles. The van der Waals surface area contributed by atoms with Crippen molar-refractivity contribution in [2.75, 3.05) is 12.1 Å². The van der Waals surface area contributed by atoms with Gasteiger partial charge in [-0.15, -0.1) is 11.3 Å². The Kier molecular flexibility index (Phi) is 5.64. The van der Waals surface area contributed by atoms with Crippen LogP contribution >= 0.6 is 11.3 Å². The highest BCUT2D eigenvalue weighted by atomic mass is 32.1. The fraction of sp³-hybridized carbons (Fsp3) is 0.0870. The summed E-state index contributed by atoms with van der Waals surface area (Å²) in [6.45, 7) is 0.487. The Morgan fingerprint density at radius 1 is 0.970 bits per heavy atom. The topological polar surface area (TPSA) is 115 Å². The molecule has 2 N–H and O–H groups in total. The number of hydrogen-bond donors (Lipinski definition) is 2. The number of anilines is 1. The number of benzene rings is 2. The average molecular weight is 459 g/mol. The highest BCUT2D eigenvalue weighted by Crippen LogP contribution is 2.32. The number of carbonyl (C=O) groups excluding carboxylic acids is 2. The number of aromatic nitrogens is 3. The average Bonchev–Trinajstić information content (AvgIpc) is 3.53. The minimum absolute atomic E-state index is 0.192. The quantitative estimate of drug-likeness (QED) is 0.453. The van der Waals surface area contributed by atoms with Crippen LogP contribution in [0.25, 0.3) is 10.8 Å². The van der Waals surface area contributed by atoms with E-state index in [9.17, 15) is 9.59 Å². The van der Waals surface area contributed by atoms with Crippen LogP contribution in [0, 0.1) is 0 Å². The molecular formula is C23H17N5O4S. The first-order valence-electron chi connectivity index (χ1n) is 9.97. The van der Waals surface area contributed by atoms with Gasteiger partial charge in [-0.05, 0) is 35.9 Å². The molecular weight excluding hydrogens is 442 g/mol. The predicted molar refractivity (Wildman–Crippen MR) is 121 cm³/mol. The number of rotatable bonds is 6. The maximum atomic E-state index is 12.8. The third-order valence-corrected chi connectivity index (χ3v) is 5.64. The first kappa shape index (κ1) is 20.6. The molecule has 0 atom stereocenters. The molecule has 0 unspecified atom stereocenters. The Balaban J connectivity index is 1.27. The largest absolute Gasteiger partial charge is 0.454 e. The number of amides is 2. The summed E-state index contributed by atoms with van der Waals surface area (Å²) >= 11 is 1.27. The van der Waals surface area contributed by atoms with Gasteiger partial charge in [-0.3, -0.25) is 9.59 Å². The fourth-order valence-corrected chi connectivity index (χ4v) is 3.94. The SMILES string of the molecule is O=C(Nc1ccccc1C(=O)NCc1ccc2c(c1)OCO2)c1csc(-c2ncccn2)n1. The van der Waals surface area contributed by atoms with E-state index in [-0.39, 0.29) is 18.4 Å². The van der Waals surface area contributed by atoms with Gasteiger partial charge in [0.15, 0.2) is 22.3 Å². The second-order valence-electron chi connectivity index (χ2n) is 6.98. The highest BCUT2D eigenvalue weighted by Gasteiger charge is 2.18. The molecule has 0 saturated heterocycles. The standard InChI is InChI=1S/C23H17N5O4S/c29-21(26-11-14-6-7-18-19(10-14)32-13-31-18)15-4-1-2-5-16(15)27-22(30)17-12-33-23(28-17)20-24-8-3-9-25-20/h1-10,12H,11,13H2,(H,26,29)(H,27,30). The van der Waals surface area contributed by atoms with E-state index in [0.29, 0.717) is 40.1 Å². The van der Waals surface area contributed by atoms with E-state index in [4.69, 9.17) is 9.47 Å². The molecule has 2 aromatic carbocycles. The lowest BCUT2D eigenvalue weighted by Crippen LogP contribution is -2.25. The first-order valence-corrected chi connectivity index (χ1v) is 10.9. The number of carbonyl (C=O) groups is 2. The zero-order valence-electron chi connectivity index (χ0n) is 17.1. The van der Waals surface area contributed by atoms with Crippen molar-refractivity contribution in [1.29, 1.82) is 0 Å². The maximum Gasteiger partial charge on any atom is 0.275 e. The molecule has 0 aliphatic carbocycles. The lowest BCUT2D eigenvalue weighted by molar-refractivity contribution is 0.0951. The second kappa shape index (κ2) is 9.05. The van der Waals surface area contributed by atoms with E-state index in [1.165, 1.54) is 11.3 Å². The second-order valence-corrected chi connectivity index (χ2v) is 7.84. The van der Waals surface area contributed by atoms with Crippen LogP contribution in [0.4, 0.5) is 5.69 Å². The number of thiazole rings is 1. The summed E-state index contributed by atoms with van der Waals surface area (Å²) < 4.78 is 10.7. The van der Waals surface area contributed by atoms with Gasteiger partial charge in [0, 0.05) is 24.3 Å². The molecule has 5 rings (SSSR count). The molecule has 164 valence electrons. The molecule has 9 nitrogen and oxygen atoms in total. The van der Waals surface area contributed by atoms with Gasteiger partial charge in [-0.1, -0.05) is 18.2 Å². The minimum atomic E-state index is -0.426. The summed E-state index contributed by atoms with van der Waals surface area (Å²) in [6.07, 6.45) is 3.23. The molecule has 0 bridgehead atoms. The van der Waals surface area contributed by atoms with Crippen LogP contribution in [0.2, 0.25) is 0 Å². The van der Waals surface area contributed by atoms with E-state index >= 15 is 0 Å². The lowest BCUT2D eigenvalue weighted by atomic mass is 10.1. The number of ether oxygens (including phenoxy) is 2. The Hall–Kier alpha value is -4.31. The van der Waals surface area contributed by atoms with E-state index in [2.05, 4.69) is 25.6 Å². The fourth-order valence-electron chi connectivity index (χ4n) is 3.20. The number of para-hydroxylation sites is 1. The van der Waals surface area contributed by atoms with Crippen molar-refractivity contribution >= 4 is 28.8 Å². The highest BCUT2D eigenvalue weighted by molar-refractivity contribution is 7.13. The van der Waals surface area contributed by atoms with Crippen LogP contribution in [0.3, 0.4) is 0 Å². The molecule has 1 aliphatic heterocycles. The maximum absolute atomic E-state index is 12.8. The van der Waals surface area contributed by atoms with Crippen LogP contribution in [0.5, 0.6) is 11.5 Å². The minimum Gasteiger partial charge on any atom is -0.454 e. The molecule has 2 aromatic heterocycles. The zero-order valence-corrected chi connectivity index (χ0v) is 18.0. The van der Waals surface area contributed by atoms with Crippen molar-refractivity contribution in [3.63, 3.8) is 0 Å². The Bertz CT molecular complexity index is 1330. The number of nitrogens with zero attached hydrogens (tertiary/aromatic N) is 3. The van der Waals surface area contributed by atoms with Gasteiger partial charge in [-0.2, -0.15) is 0 Å². The molecule has 0 radical (unpaired) electrons. The van der Waals surface area contributed by atoms with Gasteiger partial charge in [0.1, 0.15) is 5.69 Å². The molecule has 2 amide bonds. The molecule has 4 aromatic rings. The normalized spacial score (nSPS) is 11.8. The van der Waals surface area contributed by atoms with Crippen LogP contribution in [-0.4, -0.2) is 33.6 Å². The van der Waals surface area contributed by atoms with Crippen molar-refractivity contribution in [1.82, 2.24) is 20.3 Å². The number of fused-ring (bicyclic) bond motifs is 1. The van der Waals surface area contributed by atoms with E-state index in [1.54, 1.807) is 54.2 Å². The first-order chi connectivity index (χ1) is 16.2. The van der Waals surface area contributed by atoms with Crippen LogP contribution in [0.15, 0.2) is 66.3 Å². The lowest BCUT2D eigenvalue weighted by Gasteiger charge is -2.11. The van der Waals surface area contributed by atoms with Gasteiger partial charge < -0.3 is 20.1 Å². The molecule has 0 saturated carbocycles. The summed E-state index contributed by atoms with van der Waals surface area (Å²) in [5.74, 6) is 1.04. The monoisotopic (exact) mass is 459 g/mol. The van der Waals surface area contributed by atoms with Gasteiger partial charge in [0.25, 0.3) is 11.8 Å². The van der Waals surface area contributed by atoms with Gasteiger partial charge in [0.2, 0.25) is 6.79 Å². The molecule has 0 spiro atoms. The van der Waals surface area contributed by atoms with E-state index in [0.717, 1.165) is 5.56 Å². The van der Waals surface area contributed by atoms with Crippen LogP contribution in [0.1, 0.15) is 26.4 Å². The molecule has 1 aliphatic rings. The van der Waals surface area contributed by atoms with Crippen molar-refractivity contribution in [3.05, 3.63) is 83.1 Å². The number of nitrogens with one attached hydrogen (secondary N) is 2. The van der Waals surface area contributed by atoms with Crippen LogP contribution < -0.4 is 20.1 Å². The Morgan fingerprint density at radius 3 is 2.67 bits per heavy atom. The number of hydrogen-bond acceptors (Lipinski definition) is 8. The van der Waals surface area contributed by atoms with Crippen molar-refractivity contribution in [2.45, 2.75) is 6.54 Å². The van der Waals surface area contributed by atoms with E-state index < -0.39 is 5.91 Å². The Labute approximate surface area is 192 Å². The van der Waals surface area contributed by atoms with E-state index in [1.807, 2.05) is 12.1 Å². The molecule has 33 heavy (non-hydrogen) atoms. The molecule has 0 fully saturated rings. The van der Waals surface area contributed by atoms with Crippen molar-refractivity contribution in [2.24, 2.45) is 0 Å². The summed E-state index contributed by atoms with van der Waals surface area (Å²) in [5.41, 5.74) is 1.81. The van der Waals surface area contributed by atoms with Crippen molar-refractivity contribution < 1.29 is 19.1 Å². The van der Waals surface area contributed by atoms with Gasteiger partial charge in [0.05, 0.1) is 11.3 Å². The molecule has 10 heteroatoms.